The summed E-state index contributed by atoms with van der Waals surface area (Å²) in [6, 6.07) is 23.6. The van der Waals surface area contributed by atoms with Gasteiger partial charge >= 0.3 is 0 Å². The minimum absolute atomic E-state index is 0.207. The molecule has 2 heterocycles. The molecule has 0 unspecified atom stereocenters. The first kappa shape index (κ1) is 24.8. The summed E-state index contributed by atoms with van der Waals surface area (Å²) in [5, 5.41) is 6.91. The van der Waals surface area contributed by atoms with Crippen molar-refractivity contribution in [2.45, 2.75) is 26.8 Å². The average molecular weight is 488 g/mol. The molecule has 7 nitrogen and oxygen atoms in total. The van der Waals surface area contributed by atoms with E-state index in [-0.39, 0.29) is 6.04 Å². The smallest absolute Gasteiger partial charge is 0.229 e. The third kappa shape index (κ3) is 6.61. The quantitative estimate of drug-likeness (QED) is 0.318. The molecule has 0 spiro atoms. The third-order valence-electron chi connectivity index (χ3n) is 5.95. The standard InChI is InChI=1S/C27H33N7S/c1-4-28-27(35)32-26(31-25-29-20(2)19-21(3)30-25)34-17-15-33(16-18-34)24(22-11-7-5-8-12-22)23-13-9-6-10-14-23/h5-14,19,24H,4,15-18H2,1-3H3,(H2,28,29,30,31,32,35). The van der Waals surface area contributed by atoms with E-state index < -0.39 is 0 Å². The van der Waals surface area contributed by atoms with Crippen LogP contribution in [0.5, 0.6) is 0 Å². The van der Waals surface area contributed by atoms with Gasteiger partial charge in [0.25, 0.3) is 0 Å². The SMILES string of the molecule is CCNC(=S)/N=C(/Nc1nc(C)cc(C)n1)N1CCN(C(c2ccccc2)c2ccccc2)CC1. The zero-order valence-electron chi connectivity index (χ0n) is 20.6. The molecule has 0 amide bonds. The van der Waals surface area contributed by atoms with Gasteiger partial charge in [0.1, 0.15) is 0 Å². The Bertz CT molecular complexity index is 1080. The van der Waals surface area contributed by atoms with E-state index in [1.807, 2.05) is 26.8 Å². The number of aliphatic imine (C=N–C) groups is 1. The maximum atomic E-state index is 5.44. The van der Waals surface area contributed by atoms with Crippen molar-refractivity contribution < 1.29 is 0 Å². The van der Waals surface area contributed by atoms with E-state index in [9.17, 15) is 0 Å². The van der Waals surface area contributed by atoms with E-state index >= 15 is 0 Å². The highest BCUT2D eigenvalue weighted by molar-refractivity contribution is 7.80. The van der Waals surface area contributed by atoms with Crippen LogP contribution in [0.2, 0.25) is 0 Å². The van der Waals surface area contributed by atoms with Crippen LogP contribution in [0.25, 0.3) is 0 Å². The Morgan fingerprint density at radius 1 is 0.914 bits per heavy atom. The van der Waals surface area contributed by atoms with Gasteiger partial charge in [-0.2, -0.15) is 4.99 Å². The minimum Gasteiger partial charge on any atom is -0.361 e. The molecule has 2 aromatic carbocycles. The van der Waals surface area contributed by atoms with Crippen LogP contribution in [0, 0.1) is 13.8 Å². The summed E-state index contributed by atoms with van der Waals surface area (Å²) in [5.74, 6) is 1.21. The summed E-state index contributed by atoms with van der Waals surface area (Å²) < 4.78 is 0. The number of thiocarbonyl (C=S) groups is 1. The number of nitrogens with zero attached hydrogens (tertiary/aromatic N) is 5. The second kappa shape index (κ2) is 11.9. The highest BCUT2D eigenvalue weighted by Gasteiger charge is 2.28. The zero-order chi connectivity index (χ0) is 24.6. The zero-order valence-corrected chi connectivity index (χ0v) is 21.4. The molecule has 1 fully saturated rings. The van der Waals surface area contributed by atoms with E-state index in [2.05, 4.69) is 96.1 Å². The highest BCUT2D eigenvalue weighted by Crippen LogP contribution is 2.29. The van der Waals surface area contributed by atoms with E-state index in [1.165, 1.54) is 11.1 Å². The van der Waals surface area contributed by atoms with Gasteiger partial charge in [-0.05, 0) is 50.2 Å². The third-order valence-corrected chi connectivity index (χ3v) is 6.19. The summed E-state index contributed by atoms with van der Waals surface area (Å²) in [5.41, 5.74) is 4.42. The molecule has 0 saturated carbocycles. The van der Waals surface area contributed by atoms with Gasteiger partial charge in [-0.15, -0.1) is 0 Å². The summed E-state index contributed by atoms with van der Waals surface area (Å²) in [6.07, 6.45) is 0. The Morgan fingerprint density at radius 2 is 1.46 bits per heavy atom. The van der Waals surface area contributed by atoms with Crippen molar-refractivity contribution in [2.24, 2.45) is 4.99 Å². The van der Waals surface area contributed by atoms with Crippen LogP contribution in [0.15, 0.2) is 71.7 Å². The largest absolute Gasteiger partial charge is 0.361 e. The molecular formula is C27H33N7S. The second-order valence-corrected chi connectivity index (χ2v) is 9.00. The number of hydrogen-bond donors (Lipinski definition) is 2. The Hall–Kier alpha value is -3.36. The van der Waals surface area contributed by atoms with Gasteiger partial charge in [-0.1, -0.05) is 60.7 Å². The fourth-order valence-corrected chi connectivity index (χ4v) is 4.65. The molecule has 0 bridgehead atoms. The molecule has 3 aromatic rings. The van der Waals surface area contributed by atoms with Gasteiger partial charge in [-0.25, -0.2) is 9.97 Å². The number of benzene rings is 2. The predicted molar refractivity (Wildman–Crippen MR) is 147 cm³/mol. The van der Waals surface area contributed by atoms with Crippen LogP contribution in [-0.2, 0) is 0 Å². The Labute approximate surface area is 213 Å². The number of nitrogens with one attached hydrogen (secondary N) is 2. The first-order valence-electron chi connectivity index (χ1n) is 12.1. The van der Waals surface area contributed by atoms with Gasteiger partial charge < -0.3 is 10.2 Å². The molecule has 1 aliphatic heterocycles. The summed E-state index contributed by atoms with van der Waals surface area (Å²) in [4.78, 5) is 18.5. The molecule has 8 heteroatoms. The number of hydrogen-bond acceptors (Lipinski definition) is 4. The van der Waals surface area contributed by atoms with E-state index in [1.54, 1.807) is 0 Å². The number of guanidine groups is 1. The van der Waals surface area contributed by atoms with Crippen LogP contribution < -0.4 is 10.6 Å². The van der Waals surface area contributed by atoms with Crippen LogP contribution in [0.4, 0.5) is 5.95 Å². The molecule has 0 radical (unpaired) electrons. The fraction of sp³-hybridized carbons (Fsp3) is 0.333. The summed E-state index contributed by atoms with van der Waals surface area (Å²) in [6.45, 7) is 10.0. The molecule has 0 atom stereocenters. The molecule has 1 saturated heterocycles. The molecule has 182 valence electrons. The fourth-order valence-electron chi connectivity index (χ4n) is 4.42. The topological polar surface area (TPSA) is 68.7 Å². The number of aryl methyl sites for hydroxylation is 2. The molecule has 35 heavy (non-hydrogen) atoms. The predicted octanol–water partition coefficient (Wildman–Crippen LogP) is 4.16. The van der Waals surface area contributed by atoms with E-state index in [0.717, 1.165) is 44.1 Å². The van der Waals surface area contributed by atoms with Gasteiger partial charge in [0.15, 0.2) is 5.11 Å². The van der Waals surface area contributed by atoms with Crippen molar-refractivity contribution in [2.75, 3.05) is 38.0 Å². The number of piperazine rings is 1. The minimum atomic E-state index is 0.207. The van der Waals surface area contributed by atoms with Crippen molar-refractivity contribution >= 4 is 29.2 Å². The van der Waals surface area contributed by atoms with Crippen molar-refractivity contribution in [3.8, 4) is 0 Å². The first-order chi connectivity index (χ1) is 17.0. The normalized spacial score (nSPS) is 14.7. The van der Waals surface area contributed by atoms with Crippen LogP contribution in [0.3, 0.4) is 0 Å². The second-order valence-electron chi connectivity index (χ2n) is 8.62. The van der Waals surface area contributed by atoms with Gasteiger partial charge in [-0.3, -0.25) is 10.2 Å². The Kier molecular flexibility index (Phi) is 8.39. The average Bonchev–Trinajstić information content (AvgIpc) is 2.85. The summed E-state index contributed by atoms with van der Waals surface area (Å²) >= 11 is 5.44. The summed E-state index contributed by atoms with van der Waals surface area (Å²) in [7, 11) is 0. The molecule has 1 aliphatic rings. The number of rotatable bonds is 5. The van der Waals surface area contributed by atoms with Crippen LogP contribution in [0.1, 0.15) is 35.5 Å². The van der Waals surface area contributed by atoms with Crippen molar-refractivity contribution in [3.05, 3.63) is 89.2 Å². The van der Waals surface area contributed by atoms with Gasteiger partial charge in [0, 0.05) is 44.1 Å². The lowest BCUT2D eigenvalue weighted by molar-refractivity contribution is 0.150. The molecule has 1 aromatic heterocycles. The molecule has 2 N–H and O–H groups in total. The molecule has 0 aliphatic carbocycles. The lowest BCUT2D eigenvalue weighted by Gasteiger charge is -2.40. The van der Waals surface area contributed by atoms with Gasteiger partial charge in [0.05, 0.1) is 6.04 Å². The highest BCUT2D eigenvalue weighted by atomic mass is 32.1. The monoisotopic (exact) mass is 487 g/mol. The lowest BCUT2D eigenvalue weighted by Crippen LogP contribution is -2.52. The van der Waals surface area contributed by atoms with Crippen molar-refractivity contribution in [1.29, 1.82) is 0 Å². The maximum Gasteiger partial charge on any atom is 0.229 e. The first-order valence-corrected chi connectivity index (χ1v) is 12.5. The Balaban J connectivity index is 1.54. The van der Waals surface area contributed by atoms with Gasteiger partial charge in [0.2, 0.25) is 11.9 Å². The molecule has 4 rings (SSSR count). The van der Waals surface area contributed by atoms with E-state index in [4.69, 9.17) is 12.2 Å². The van der Waals surface area contributed by atoms with Crippen LogP contribution in [-0.4, -0.2) is 63.6 Å². The maximum absolute atomic E-state index is 5.44. The van der Waals surface area contributed by atoms with E-state index in [0.29, 0.717) is 17.0 Å². The van der Waals surface area contributed by atoms with Crippen molar-refractivity contribution in [1.82, 2.24) is 25.1 Å². The Morgan fingerprint density at radius 3 is 1.97 bits per heavy atom. The van der Waals surface area contributed by atoms with Crippen molar-refractivity contribution in [3.63, 3.8) is 0 Å². The lowest BCUT2D eigenvalue weighted by atomic mass is 9.96. The number of aromatic nitrogens is 2. The number of anilines is 1. The molecular weight excluding hydrogens is 454 g/mol. The van der Waals surface area contributed by atoms with Crippen LogP contribution >= 0.6 is 12.2 Å².